The number of ether oxygens (including phenoxy) is 1. The molecule has 0 saturated carbocycles. The summed E-state index contributed by atoms with van der Waals surface area (Å²) in [6.07, 6.45) is -0.122. The smallest absolute Gasteiger partial charge is 0.407 e. The molecule has 0 bridgehead atoms. The van der Waals surface area contributed by atoms with Gasteiger partial charge in [-0.25, -0.2) is 4.79 Å². The van der Waals surface area contributed by atoms with Crippen molar-refractivity contribution in [1.29, 1.82) is 5.26 Å². The number of carbonyl (C=O) groups is 2. The van der Waals surface area contributed by atoms with E-state index in [0.717, 1.165) is 11.1 Å². The van der Waals surface area contributed by atoms with Crippen molar-refractivity contribution in [2.24, 2.45) is 0 Å². The summed E-state index contributed by atoms with van der Waals surface area (Å²) in [4.78, 5) is 23.1. The van der Waals surface area contributed by atoms with E-state index in [2.05, 4.69) is 17.2 Å². The molecule has 0 radical (unpaired) electrons. The van der Waals surface area contributed by atoms with Crippen molar-refractivity contribution in [1.82, 2.24) is 5.32 Å². The van der Waals surface area contributed by atoms with E-state index in [4.69, 9.17) is 10.00 Å². The molecule has 0 heterocycles. The second-order valence-electron chi connectivity index (χ2n) is 5.38. The third-order valence-corrected chi connectivity index (χ3v) is 3.41. The highest BCUT2D eigenvalue weighted by molar-refractivity contribution is 5.97. The molecule has 1 N–H and O–H groups in total. The molecule has 2 aromatic rings. The van der Waals surface area contributed by atoms with Gasteiger partial charge in [-0.15, -0.1) is 0 Å². The Kier molecular flexibility index (Phi) is 7.45. The molecule has 130 valence electrons. The molecule has 0 atom stereocenters. The van der Waals surface area contributed by atoms with Crippen LogP contribution < -0.4 is 5.32 Å². The molecule has 0 aliphatic heterocycles. The van der Waals surface area contributed by atoms with Crippen LogP contribution in [0.3, 0.4) is 0 Å². The van der Waals surface area contributed by atoms with Gasteiger partial charge in [-0.1, -0.05) is 54.3 Å². The van der Waals surface area contributed by atoms with Crippen LogP contribution in [-0.2, 0) is 11.3 Å². The van der Waals surface area contributed by atoms with E-state index in [1.54, 1.807) is 24.3 Å². The fourth-order valence-corrected chi connectivity index (χ4v) is 2.08. The van der Waals surface area contributed by atoms with Gasteiger partial charge in [0, 0.05) is 24.1 Å². The Morgan fingerprint density at radius 3 is 2.46 bits per heavy atom. The fourth-order valence-electron chi connectivity index (χ4n) is 2.08. The molecule has 0 fully saturated rings. The number of Topliss-reactive ketones (excluding diaryl/α,β-unsaturated/α-hetero) is 1. The molecule has 1 amide bonds. The van der Waals surface area contributed by atoms with Crippen molar-refractivity contribution in [3.8, 4) is 17.9 Å². The molecule has 0 spiro atoms. The summed E-state index contributed by atoms with van der Waals surface area (Å²) in [5.74, 6) is 5.70. The second kappa shape index (κ2) is 10.3. The van der Waals surface area contributed by atoms with Gasteiger partial charge in [0.05, 0.1) is 12.5 Å². The number of hydrogen-bond acceptors (Lipinski definition) is 4. The number of ketones is 1. The normalized spacial score (nSPS) is 9.35. The quantitative estimate of drug-likeness (QED) is 0.493. The maximum atomic E-state index is 11.6. The Morgan fingerprint density at radius 2 is 1.77 bits per heavy atom. The molecule has 0 unspecified atom stereocenters. The number of nitrogens with one attached hydrogen (secondary N) is 1. The lowest BCUT2D eigenvalue weighted by molar-refractivity contribution is 0.0997. The van der Waals surface area contributed by atoms with Gasteiger partial charge in [0.25, 0.3) is 0 Å². The van der Waals surface area contributed by atoms with Gasteiger partial charge in [0.2, 0.25) is 0 Å². The summed E-state index contributed by atoms with van der Waals surface area (Å²) < 4.78 is 5.10. The van der Waals surface area contributed by atoms with E-state index >= 15 is 0 Å². The molecule has 0 aromatic heterocycles. The molecule has 2 aromatic carbocycles. The van der Waals surface area contributed by atoms with Crippen LogP contribution in [0.15, 0.2) is 54.6 Å². The number of hydrogen-bond donors (Lipinski definition) is 1. The first-order chi connectivity index (χ1) is 12.7. The Bertz CT molecular complexity index is 841. The van der Waals surface area contributed by atoms with Gasteiger partial charge in [-0.05, 0) is 17.7 Å². The summed E-state index contributed by atoms with van der Waals surface area (Å²) in [6.45, 7) is 0.620. The van der Waals surface area contributed by atoms with Crippen LogP contribution in [0.2, 0.25) is 0 Å². The molecule has 0 aliphatic rings. The largest absolute Gasteiger partial charge is 0.445 e. The number of amides is 1. The lowest BCUT2D eigenvalue weighted by Gasteiger charge is -2.05. The van der Waals surface area contributed by atoms with E-state index in [-0.39, 0.29) is 18.8 Å². The minimum atomic E-state index is -0.476. The number of alkyl carbamates (subject to hydrolysis) is 1. The Balaban J connectivity index is 1.69. The zero-order valence-corrected chi connectivity index (χ0v) is 14.2. The van der Waals surface area contributed by atoms with Crippen molar-refractivity contribution in [2.45, 2.75) is 19.4 Å². The molecule has 0 aliphatic carbocycles. The van der Waals surface area contributed by atoms with Gasteiger partial charge in [-0.3, -0.25) is 4.79 Å². The maximum absolute atomic E-state index is 11.6. The van der Waals surface area contributed by atoms with E-state index in [1.165, 1.54) is 0 Å². The lowest BCUT2D eigenvalue weighted by Crippen LogP contribution is -2.24. The minimum Gasteiger partial charge on any atom is -0.445 e. The second-order valence-corrected chi connectivity index (χ2v) is 5.38. The summed E-state index contributed by atoms with van der Waals surface area (Å²) in [5.41, 5.74) is 2.20. The molecule has 5 heteroatoms. The van der Waals surface area contributed by atoms with Crippen molar-refractivity contribution < 1.29 is 14.3 Å². The SMILES string of the molecule is N#CCC(=O)c1ccc(C#CCCNC(=O)OCc2ccccc2)cc1. The van der Waals surface area contributed by atoms with E-state index in [0.29, 0.717) is 18.5 Å². The number of benzene rings is 2. The molecular formula is C21H18N2O3. The predicted octanol–water partition coefficient (Wildman–Crippen LogP) is 3.45. The summed E-state index contributed by atoms with van der Waals surface area (Å²) >= 11 is 0. The molecule has 5 nitrogen and oxygen atoms in total. The molecule has 0 saturated heterocycles. The fraction of sp³-hybridized carbons (Fsp3) is 0.190. The van der Waals surface area contributed by atoms with Crippen LogP contribution in [0.4, 0.5) is 4.79 Å². The van der Waals surface area contributed by atoms with Crippen molar-refractivity contribution in [2.75, 3.05) is 6.54 Å². The van der Waals surface area contributed by atoms with Crippen LogP contribution >= 0.6 is 0 Å². The number of carbonyl (C=O) groups excluding carboxylic acids is 2. The highest BCUT2D eigenvalue weighted by Gasteiger charge is 2.04. The third-order valence-electron chi connectivity index (χ3n) is 3.41. The molecule has 26 heavy (non-hydrogen) atoms. The van der Waals surface area contributed by atoms with Gasteiger partial charge in [0.15, 0.2) is 5.78 Å². The number of nitrogens with zero attached hydrogens (tertiary/aromatic N) is 1. The van der Waals surface area contributed by atoms with Gasteiger partial charge >= 0.3 is 6.09 Å². The van der Waals surface area contributed by atoms with E-state index in [9.17, 15) is 9.59 Å². The van der Waals surface area contributed by atoms with Gasteiger partial charge < -0.3 is 10.1 Å². The Morgan fingerprint density at radius 1 is 1.04 bits per heavy atom. The van der Waals surface area contributed by atoms with E-state index < -0.39 is 6.09 Å². The third kappa shape index (κ3) is 6.51. The van der Waals surface area contributed by atoms with Crippen LogP contribution in [0, 0.1) is 23.2 Å². The summed E-state index contributed by atoms with van der Waals surface area (Å²) in [5, 5.41) is 11.2. The Labute approximate surface area is 152 Å². The molecule has 2 rings (SSSR count). The highest BCUT2D eigenvalue weighted by atomic mass is 16.5. The van der Waals surface area contributed by atoms with Crippen LogP contribution in [0.1, 0.15) is 34.3 Å². The summed E-state index contributed by atoms with van der Waals surface area (Å²) in [7, 11) is 0. The minimum absolute atomic E-state index is 0.128. The van der Waals surface area contributed by atoms with Crippen LogP contribution in [0.25, 0.3) is 0 Å². The standard InChI is InChI=1S/C21H18N2O3/c22-14-13-20(24)19-11-9-17(10-12-19)6-4-5-15-23-21(25)26-16-18-7-2-1-3-8-18/h1-3,7-12H,5,13,15-16H2,(H,23,25). The zero-order chi connectivity index (χ0) is 18.6. The monoisotopic (exact) mass is 346 g/mol. The number of nitriles is 1. The molecular weight excluding hydrogens is 328 g/mol. The Hall–Kier alpha value is -3.57. The highest BCUT2D eigenvalue weighted by Crippen LogP contribution is 2.06. The first-order valence-electron chi connectivity index (χ1n) is 8.12. The first kappa shape index (κ1) is 18.8. The average Bonchev–Trinajstić information content (AvgIpc) is 2.67. The topological polar surface area (TPSA) is 79.2 Å². The lowest BCUT2D eigenvalue weighted by atomic mass is 10.1. The zero-order valence-electron chi connectivity index (χ0n) is 14.2. The van der Waals surface area contributed by atoms with E-state index in [1.807, 2.05) is 36.4 Å². The predicted molar refractivity (Wildman–Crippen MR) is 97.1 cm³/mol. The van der Waals surface area contributed by atoms with Crippen LogP contribution in [0.5, 0.6) is 0 Å². The summed E-state index contributed by atoms with van der Waals surface area (Å²) in [6, 6.07) is 18.1. The number of rotatable bonds is 6. The first-order valence-corrected chi connectivity index (χ1v) is 8.12. The van der Waals surface area contributed by atoms with Crippen LogP contribution in [-0.4, -0.2) is 18.4 Å². The van der Waals surface area contributed by atoms with Crippen molar-refractivity contribution in [3.63, 3.8) is 0 Å². The van der Waals surface area contributed by atoms with Gasteiger partial charge in [-0.2, -0.15) is 5.26 Å². The van der Waals surface area contributed by atoms with Gasteiger partial charge in [0.1, 0.15) is 6.61 Å². The van der Waals surface area contributed by atoms with Crippen molar-refractivity contribution >= 4 is 11.9 Å². The maximum Gasteiger partial charge on any atom is 0.407 e. The van der Waals surface area contributed by atoms with Crippen molar-refractivity contribution in [3.05, 3.63) is 71.3 Å². The average molecular weight is 346 g/mol.